The van der Waals surface area contributed by atoms with Gasteiger partial charge in [0.25, 0.3) is 5.91 Å². The summed E-state index contributed by atoms with van der Waals surface area (Å²) in [7, 11) is 3.04. The molecule has 1 fully saturated rings. The summed E-state index contributed by atoms with van der Waals surface area (Å²) in [6.45, 7) is 0.0628. The fourth-order valence-electron chi connectivity index (χ4n) is 3.55. The second kappa shape index (κ2) is 8.39. The van der Waals surface area contributed by atoms with Crippen LogP contribution in [-0.4, -0.2) is 48.0 Å². The average Bonchev–Trinajstić information content (AvgIpc) is 3.33. The van der Waals surface area contributed by atoms with Gasteiger partial charge in [0.1, 0.15) is 6.04 Å². The van der Waals surface area contributed by atoms with Crippen molar-refractivity contribution in [3.63, 3.8) is 0 Å². The summed E-state index contributed by atoms with van der Waals surface area (Å²) in [5.41, 5.74) is 2.28. The number of carbonyl (C=O) groups excluding carboxylic acids is 3. The van der Waals surface area contributed by atoms with Gasteiger partial charge in [0.05, 0.1) is 27.2 Å². The lowest BCUT2D eigenvalue weighted by molar-refractivity contribution is -0.130. The number of methoxy groups -OCH3 is 2. The fraction of sp³-hybridized carbons (Fsp3) is 0.227. The topological polar surface area (TPSA) is 113 Å². The lowest BCUT2D eigenvalue weighted by atomic mass is 10.1. The van der Waals surface area contributed by atoms with E-state index in [0.717, 1.165) is 15.8 Å². The monoisotopic (exact) mass is 422 g/mol. The molecule has 1 aromatic heterocycles. The Balaban J connectivity index is 1.40. The first-order valence-corrected chi connectivity index (χ1v) is 9.68. The van der Waals surface area contributed by atoms with Crippen LogP contribution in [0.1, 0.15) is 12.0 Å². The number of rotatable bonds is 7. The van der Waals surface area contributed by atoms with Gasteiger partial charge in [0, 0.05) is 22.8 Å². The van der Waals surface area contributed by atoms with Crippen LogP contribution >= 0.6 is 0 Å². The number of anilines is 1. The highest BCUT2D eigenvalue weighted by molar-refractivity contribution is 6.07. The highest BCUT2D eigenvalue weighted by atomic mass is 16.5. The first-order chi connectivity index (χ1) is 15.0. The summed E-state index contributed by atoms with van der Waals surface area (Å²) in [6, 6.07) is 11.1. The summed E-state index contributed by atoms with van der Waals surface area (Å²) in [4.78, 5) is 41.7. The number of aromatic amines is 1. The predicted octanol–water partition coefficient (Wildman–Crippen LogP) is 2.63. The van der Waals surface area contributed by atoms with Gasteiger partial charge in [0.15, 0.2) is 11.5 Å². The van der Waals surface area contributed by atoms with Crippen LogP contribution in [0.15, 0.2) is 48.7 Å². The van der Waals surface area contributed by atoms with Crippen LogP contribution < -0.4 is 20.1 Å². The Morgan fingerprint density at radius 2 is 1.87 bits per heavy atom. The van der Waals surface area contributed by atoms with Crippen molar-refractivity contribution in [3.8, 4) is 11.5 Å². The predicted molar refractivity (Wildman–Crippen MR) is 114 cm³/mol. The minimum absolute atomic E-state index is 0.0628. The number of imide groups is 1. The normalized spacial score (nSPS) is 15.8. The molecule has 4 amide bonds. The van der Waals surface area contributed by atoms with Gasteiger partial charge in [-0.25, -0.2) is 4.79 Å². The number of hydrogen-bond donors (Lipinski definition) is 3. The number of fused-ring (bicyclic) bond motifs is 1. The highest BCUT2D eigenvalue weighted by Crippen LogP contribution is 2.28. The third-order valence-electron chi connectivity index (χ3n) is 5.12. The molecule has 4 rings (SSSR count). The zero-order valence-corrected chi connectivity index (χ0v) is 17.1. The van der Waals surface area contributed by atoms with Crippen molar-refractivity contribution in [1.29, 1.82) is 0 Å². The lowest BCUT2D eigenvalue weighted by Crippen LogP contribution is -2.34. The molecule has 1 unspecified atom stereocenters. The van der Waals surface area contributed by atoms with Gasteiger partial charge >= 0.3 is 6.03 Å². The van der Waals surface area contributed by atoms with Crippen molar-refractivity contribution in [3.05, 3.63) is 54.2 Å². The van der Waals surface area contributed by atoms with E-state index in [1.54, 1.807) is 24.3 Å². The summed E-state index contributed by atoms with van der Waals surface area (Å²) in [5.74, 6) is 0.246. The summed E-state index contributed by atoms with van der Waals surface area (Å²) in [6.07, 6.45) is 1.66. The van der Waals surface area contributed by atoms with Crippen LogP contribution in [0.2, 0.25) is 0 Å². The van der Waals surface area contributed by atoms with Crippen molar-refractivity contribution in [1.82, 2.24) is 15.2 Å². The van der Waals surface area contributed by atoms with E-state index in [1.807, 2.05) is 24.4 Å². The molecule has 9 heteroatoms. The van der Waals surface area contributed by atoms with Gasteiger partial charge in [-0.15, -0.1) is 0 Å². The third kappa shape index (κ3) is 4.16. The number of benzene rings is 2. The maximum atomic E-state index is 12.7. The van der Waals surface area contributed by atoms with Gasteiger partial charge < -0.3 is 25.1 Å². The van der Waals surface area contributed by atoms with Crippen LogP contribution in [0, 0.1) is 0 Å². The lowest BCUT2D eigenvalue weighted by Gasteiger charge is -2.15. The molecule has 3 aromatic rings. The molecule has 1 aliphatic heterocycles. The van der Waals surface area contributed by atoms with Crippen LogP contribution in [0.3, 0.4) is 0 Å². The van der Waals surface area contributed by atoms with Crippen molar-refractivity contribution in [2.24, 2.45) is 0 Å². The van der Waals surface area contributed by atoms with E-state index >= 15 is 0 Å². The van der Waals surface area contributed by atoms with Crippen molar-refractivity contribution < 1.29 is 23.9 Å². The summed E-state index contributed by atoms with van der Waals surface area (Å²) in [5, 5.41) is 6.32. The second-order valence-corrected chi connectivity index (χ2v) is 7.15. The smallest absolute Gasteiger partial charge is 0.325 e. The maximum Gasteiger partial charge on any atom is 0.325 e. The molecule has 9 nitrogen and oxygen atoms in total. The molecule has 31 heavy (non-hydrogen) atoms. The molecule has 0 saturated carbocycles. The fourth-order valence-corrected chi connectivity index (χ4v) is 3.55. The van der Waals surface area contributed by atoms with E-state index in [0.29, 0.717) is 22.7 Å². The number of ether oxygens (including phenoxy) is 2. The highest BCUT2D eigenvalue weighted by Gasteiger charge is 2.39. The quantitative estimate of drug-likeness (QED) is 0.507. The summed E-state index contributed by atoms with van der Waals surface area (Å²) < 4.78 is 10.5. The standard InChI is InChI=1S/C22H22N4O5/c1-30-18-6-3-13(9-19(18)31-2)12-26-21(28)17(25-22(26)29)11-20(27)24-15-4-5-16-14(10-15)7-8-23-16/h3-10,17,23H,11-12H2,1-2H3,(H,24,27)(H,25,29). The number of H-pyrrole nitrogens is 1. The van der Waals surface area contributed by atoms with E-state index in [1.165, 1.54) is 14.2 Å². The Morgan fingerprint density at radius 1 is 1.06 bits per heavy atom. The van der Waals surface area contributed by atoms with Crippen LogP contribution in [0.5, 0.6) is 11.5 Å². The Labute approximate surface area is 178 Å². The molecule has 1 saturated heterocycles. The van der Waals surface area contributed by atoms with Gasteiger partial charge in [-0.3, -0.25) is 14.5 Å². The number of urea groups is 1. The van der Waals surface area contributed by atoms with E-state index in [-0.39, 0.29) is 18.9 Å². The molecule has 2 aromatic carbocycles. The van der Waals surface area contributed by atoms with E-state index < -0.39 is 18.0 Å². The Kier molecular flexibility index (Phi) is 5.48. The molecule has 0 bridgehead atoms. The molecular formula is C22H22N4O5. The minimum atomic E-state index is -0.913. The number of carbonyl (C=O) groups is 3. The van der Waals surface area contributed by atoms with Crippen molar-refractivity contribution in [2.45, 2.75) is 19.0 Å². The molecule has 1 atom stereocenters. The maximum absolute atomic E-state index is 12.7. The Hall–Kier alpha value is -4.01. The molecular weight excluding hydrogens is 400 g/mol. The van der Waals surface area contributed by atoms with Gasteiger partial charge in [-0.1, -0.05) is 6.07 Å². The van der Waals surface area contributed by atoms with Gasteiger partial charge in [-0.05, 0) is 42.0 Å². The summed E-state index contributed by atoms with van der Waals surface area (Å²) >= 11 is 0. The van der Waals surface area contributed by atoms with Gasteiger partial charge in [-0.2, -0.15) is 0 Å². The molecule has 3 N–H and O–H groups in total. The van der Waals surface area contributed by atoms with Gasteiger partial charge in [0.2, 0.25) is 5.91 Å². The number of hydrogen-bond acceptors (Lipinski definition) is 5. The Morgan fingerprint density at radius 3 is 2.65 bits per heavy atom. The molecule has 0 radical (unpaired) electrons. The number of aromatic nitrogens is 1. The van der Waals surface area contributed by atoms with Crippen molar-refractivity contribution in [2.75, 3.05) is 19.5 Å². The molecule has 0 aliphatic carbocycles. The van der Waals surface area contributed by atoms with E-state index in [4.69, 9.17) is 9.47 Å². The second-order valence-electron chi connectivity index (χ2n) is 7.15. The third-order valence-corrected chi connectivity index (χ3v) is 5.12. The molecule has 160 valence electrons. The number of nitrogens with one attached hydrogen (secondary N) is 3. The molecule has 0 spiro atoms. The molecule has 2 heterocycles. The zero-order valence-electron chi connectivity index (χ0n) is 17.1. The Bertz CT molecular complexity index is 1160. The first kappa shape index (κ1) is 20.3. The van der Waals surface area contributed by atoms with Crippen LogP contribution in [0.25, 0.3) is 10.9 Å². The van der Waals surface area contributed by atoms with Crippen molar-refractivity contribution >= 4 is 34.4 Å². The SMILES string of the molecule is COc1ccc(CN2C(=O)NC(CC(=O)Nc3ccc4[nH]ccc4c3)C2=O)cc1OC. The zero-order chi connectivity index (χ0) is 22.0. The first-order valence-electron chi connectivity index (χ1n) is 9.68. The average molecular weight is 422 g/mol. The number of nitrogens with zero attached hydrogens (tertiary/aromatic N) is 1. The largest absolute Gasteiger partial charge is 0.493 e. The minimum Gasteiger partial charge on any atom is -0.493 e. The number of amides is 4. The van der Waals surface area contributed by atoms with E-state index in [2.05, 4.69) is 15.6 Å². The molecule has 1 aliphatic rings. The van der Waals surface area contributed by atoms with Crippen LogP contribution in [-0.2, 0) is 16.1 Å². The van der Waals surface area contributed by atoms with Crippen LogP contribution in [0.4, 0.5) is 10.5 Å². The van der Waals surface area contributed by atoms with E-state index in [9.17, 15) is 14.4 Å².